The fourth-order valence-electron chi connectivity index (χ4n) is 2.14. The van der Waals surface area contributed by atoms with Crippen molar-refractivity contribution in [3.63, 3.8) is 0 Å². The van der Waals surface area contributed by atoms with Crippen LogP contribution in [0.15, 0.2) is 30.3 Å². The Labute approximate surface area is 161 Å². The molecule has 5 N–H and O–H groups in total. The molecule has 0 fully saturated rings. The molecule has 1 aromatic carbocycles. The van der Waals surface area contributed by atoms with Crippen LogP contribution in [0.5, 0.6) is 0 Å². The average Bonchev–Trinajstić information content (AvgIpc) is 2.63. The number of rotatable bonds is 9. The number of carbonyl (C=O) groups is 4. The van der Waals surface area contributed by atoms with E-state index in [1.165, 1.54) is 11.8 Å². The molecule has 0 radical (unpaired) electrons. The highest BCUT2D eigenvalue weighted by Crippen LogP contribution is 2.19. The third kappa shape index (κ3) is 7.99. The van der Waals surface area contributed by atoms with Crippen LogP contribution in [-0.4, -0.2) is 48.5 Å². The fraction of sp³-hybridized carbons (Fsp3) is 0.412. The van der Waals surface area contributed by atoms with Gasteiger partial charge < -0.3 is 21.1 Å². The Balaban J connectivity index is 2.97. The first-order valence-corrected chi connectivity index (χ1v) is 9.67. The predicted octanol–water partition coefficient (Wildman–Crippen LogP) is 0.907. The Kier molecular flexibility index (Phi) is 9.73. The summed E-state index contributed by atoms with van der Waals surface area (Å²) in [5.74, 6) is -1.05. The molecule has 1 aromatic rings. The molecule has 0 saturated heterocycles. The molecule has 0 aromatic heterocycles. The zero-order valence-electron chi connectivity index (χ0n) is 15.2. The molecule has 0 unspecified atom stereocenters. The molecule has 0 aliphatic carbocycles. The van der Waals surface area contributed by atoms with Crippen molar-refractivity contribution >= 4 is 35.7 Å². The van der Waals surface area contributed by atoms with Gasteiger partial charge in [-0.3, -0.25) is 10.1 Å². The molecule has 0 aliphatic heterocycles. The maximum absolute atomic E-state index is 12.5. The van der Waals surface area contributed by atoms with Gasteiger partial charge in [0.2, 0.25) is 6.10 Å². The second kappa shape index (κ2) is 11.8. The highest BCUT2D eigenvalue weighted by Gasteiger charge is 2.30. The van der Waals surface area contributed by atoms with E-state index in [1.807, 2.05) is 6.26 Å². The summed E-state index contributed by atoms with van der Waals surface area (Å²) < 4.78 is 5.33. The monoisotopic (exact) mass is 396 g/mol. The minimum atomic E-state index is -1.35. The van der Waals surface area contributed by atoms with Gasteiger partial charge in [0.1, 0.15) is 6.04 Å². The van der Waals surface area contributed by atoms with E-state index in [2.05, 4.69) is 16.0 Å². The van der Waals surface area contributed by atoms with Gasteiger partial charge in [-0.05, 0) is 25.4 Å². The molecule has 27 heavy (non-hydrogen) atoms. The lowest BCUT2D eigenvalue weighted by molar-refractivity contribution is -0.158. The first-order chi connectivity index (χ1) is 12.9. The van der Waals surface area contributed by atoms with E-state index in [0.29, 0.717) is 17.9 Å². The summed E-state index contributed by atoms with van der Waals surface area (Å²) in [5, 5.41) is 6.86. The maximum atomic E-state index is 12.5. The van der Waals surface area contributed by atoms with Gasteiger partial charge in [-0.2, -0.15) is 11.8 Å². The van der Waals surface area contributed by atoms with Crippen molar-refractivity contribution in [2.45, 2.75) is 25.5 Å². The van der Waals surface area contributed by atoms with Crippen molar-refractivity contribution < 1.29 is 23.9 Å². The molecule has 2 atom stereocenters. The topological polar surface area (TPSA) is 140 Å². The highest BCUT2D eigenvalue weighted by molar-refractivity contribution is 7.98. The summed E-state index contributed by atoms with van der Waals surface area (Å²) >= 11 is 1.48. The summed E-state index contributed by atoms with van der Waals surface area (Å²) in [6.45, 7) is 2.03. The number of esters is 1. The molecule has 5 amide bonds. The summed E-state index contributed by atoms with van der Waals surface area (Å²) in [7, 11) is 0. The first kappa shape index (κ1) is 22.3. The molecule has 0 aliphatic rings. The number of hydrogen-bond acceptors (Lipinski definition) is 6. The summed E-state index contributed by atoms with van der Waals surface area (Å²) in [6, 6.07) is 5.68. The molecular weight excluding hydrogens is 372 g/mol. The molecule has 0 saturated carbocycles. The van der Waals surface area contributed by atoms with E-state index in [1.54, 1.807) is 37.3 Å². The van der Waals surface area contributed by atoms with Gasteiger partial charge in [0.25, 0.3) is 5.91 Å². The number of imide groups is 1. The van der Waals surface area contributed by atoms with E-state index in [-0.39, 0.29) is 6.42 Å². The van der Waals surface area contributed by atoms with E-state index in [4.69, 9.17) is 10.5 Å². The second-order valence-electron chi connectivity index (χ2n) is 5.42. The zero-order valence-corrected chi connectivity index (χ0v) is 16.0. The first-order valence-electron chi connectivity index (χ1n) is 8.28. The van der Waals surface area contributed by atoms with Gasteiger partial charge in [-0.1, -0.05) is 30.3 Å². The maximum Gasteiger partial charge on any atom is 0.329 e. The zero-order chi connectivity index (χ0) is 20.2. The van der Waals surface area contributed by atoms with Crippen molar-refractivity contribution in [2.24, 2.45) is 5.73 Å². The minimum Gasteiger partial charge on any atom is -0.446 e. The number of primary amides is 1. The Morgan fingerprint density at radius 1 is 1.19 bits per heavy atom. The Morgan fingerprint density at radius 3 is 2.41 bits per heavy atom. The van der Waals surface area contributed by atoms with Gasteiger partial charge in [0.05, 0.1) is 0 Å². The third-order valence-electron chi connectivity index (χ3n) is 3.36. The summed E-state index contributed by atoms with van der Waals surface area (Å²) in [6.07, 6.45) is 0.773. The highest BCUT2D eigenvalue weighted by atomic mass is 32.2. The Morgan fingerprint density at radius 2 is 1.85 bits per heavy atom. The van der Waals surface area contributed by atoms with Crippen molar-refractivity contribution in [2.75, 3.05) is 18.6 Å². The number of hydrogen-bond donors (Lipinski definition) is 4. The van der Waals surface area contributed by atoms with E-state index in [9.17, 15) is 19.2 Å². The molecule has 1 rings (SSSR count). The lowest BCUT2D eigenvalue weighted by atomic mass is 10.1. The number of nitrogens with one attached hydrogen (secondary N) is 3. The van der Waals surface area contributed by atoms with Crippen LogP contribution < -0.4 is 21.7 Å². The molecule has 0 spiro atoms. The number of ether oxygens (including phenoxy) is 1. The van der Waals surface area contributed by atoms with E-state index < -0.39 is 36.1 Å². The van der Waals surface area contributed by atoms with Crippen molar-refractivity contribution in [3.8, 4) is 0 Å². The van der Waals surface area contributed by atoms with Crippen LogP contribution in [0.4, 0.5) is 9.59 Å². The van der Waals surface area contributed by atoms with Crippen LogP contribution >= 0.6 is 11.8 Å². The van der Waals surface area contributed by atoms with Gasteiger partial charge in [-0.25, -0.2) is 14.4 Å². The number of amides is 5. The van der Waals surface area contributed by atoms with Gasteiger partial charge in [-0.15, -0.1) is 0 Å². The standard InChI is InChI=1S/C17H24N4O5S/c1-3-19-17(25)21-14(22)13(11-7-5-4-6-8-11)26-15(23)12(9-10-27-2)20-16(18)24/h4-8,12-13H,3,9-10H2,1-2H3,(H3,18,20,24)(H2,19,21,22,25)/t12-,13-/m1/s1. The van der Waals surface area contributed by atoms with E-state index in [0.717, 1.165) is 0 Å². The average molecular weight is 396 g/mol. The van der Waals surface area contributed by atoms with E-state index >= 15 is 0 Å². The van der Waals surface area contributed by atoms with Crippen LogP contribution in [0, 0.1) is 0 Å². The number of carbonyl (C=O) groups excluding carboxylic acids is 4. The summed E-state index contributed by atoms with van der Waals surface area (Å²) in [5.41, 5.74) is 5.49. The predicted molar refractivity (Wildman–Crippen MR) is 102 cm³/mol. The SMILES string of the molecule is CCNC(=O)NC(=O)[C@H](OC(=O)[C@@H](CCSC)NC(N)=O)c1ccccc1. The van der Waals surface area contributed by atoms with Crippen LogP contribution in [0.2, 0.25) is 0 Å². The lowest BCUT2D eigenvalue weighted by Crippen LogP contribution is -2.47. The van der Waals surface area contributed by atoms with Crippen molar-refractivity contribution in [1.82, 2.24) is 16.0 Å². The quantitative estimate of drug-likeness (QED) is 0.457. The van der Waals surface area contributed by atoms with Gasteiger partial charge in [0, 0.05) is 12.1 Å². The van der Waals surface area contributed by atoms with Crippen LogP contribution in [0.25, 0.3) is 0 Å². The van der Waals surface area contributed by atoms with Gasteiger partial charge >= 0.3 is 18.0 Å². The van der Waals surface area contributed by atoms with Crippen molar-refractivity contribution in [1.29, 1.82) is 0 Å². The Bertz CT molecular complexity index is 656. The van der Waals surface area contributed by atoms with Crippen LogP contribution in [0.1, 0.15) is 25.0 Å². The second-order valence-corrected chi connectivity index (χ2v) is 6.40. The normalized spacial score (nSPS) is 12.4. The van der Waals surface area contributed by atoms with Crippen molar-refractivity contribution in [3.05, 3.63) is 35.9 Å². The molecule has 9 nitrogen and oxygen atoms in total. The summed E-state index contributed by atoms with van der Waals surface area (Å²) in [4.78, 5) is 47.7. The minimum absolute atomic E-state index is 0.280. The molecule has 148 valence electrons. The molecule has 10 heteroatoms. The number of nitrogens with two attached hydrogens (primary N) is 1. The molecular formula is C17H24N4O5S. The molecule has 0 bridgehead atoms. The van der Waals surface area contributed by atoms with Crippen LogP contribution in [0.3, 0.4) is 0 Å². The van der Waals surface area contributed by atoms with Crippen LogP contribution in [-0.2, 0) is 14.3 Å². The Hall–Kier alpha value is -2.75. The molecule has 0 heterocycles. The third-order valence-corrected chi connectivity index (χ3v) is 4.00. The largest absolute Gasteiger partial charge is 0.446 e. The number of benzene rings is 1. The smallest absolute Gasteiger partial charge is 0.329 e. The lowest BCUT2D eigenvalue weighted by Gasteiger charge is -2.21. The number of urea groups is 2. The van der Waals surface area contributed by atoms with Gasteiger partial charge in [0.15, 0.2) is 0 Å². The number of thioether (sulfide) groups is 1. The fourth-order valence-corrected chi connectivity index (χ4v) is 2.61.